The van der Waals surface area contributed by atoms with Crippen LogP contribution in [0.3, 0.4) is 0 Å². The number of hydrogen-bond acceptors (Lipinski definition) is 7. The van der Waals surface area contributed by atoms with Crippen LogP contribution in [0, 0.1) is 0 Å². The predicted molar refractivity (Wildman–Crippen MR) is 95.6 cm³/mol. The molecule has 3 heterocycles. The minimum Gasteiger partial charge on any atom is -0.454 e. The van der Waals surface area contributed by atoms with E-state index in [1.54, 1.807) is 11.0 Å². The largest absolute Gasteiger partial charge is 0.454 e. The van der Waals surface area contributed by atoms with Crippen molar-refractivity contribution in [3.05, 3.63) is 29.5 Å². The summed E-state index contributed by atoms with van der Waals surface area (Å²) in [6.45, 7) is 3.83. The summed E-state index contributed by atoms with van der Waals surface area (Å²) in [7, 11) is 0. The minimum atomic E-state index is -0.0755. The number of fused-ring (bicyclic) bond motifs is 1. The zero-order valence-electron chi connectivity index (χ0n) is 13.9. The van der Waals surface area contributed by atoms with Crippen molar-refractivity contribution in [3.63, 3.8) is 0 Å². The number of rotatable bonds is 3. The van der Waals surface area contributed by atoms with Crippen LogP contribution in [0.25, 0.3) is 6.08 Å². The van der Waals surface area contributed by atoms with E-state index in [0.29, 0.717) is 31.3 Å². The molecule has 1 aromatic rings. The molecule has 0 bridgehead atoms. The van der Waals surface area contributed by atoms with Crippen LogP contribution in [0.1, 0.15) is 5.56 Å². The number of amidine groups is 1. The number of amides is 1. The lowest BCUT2D eigenvalue weighted by atomic mass is 10.1. The molecule has 3 aliphatic heterocycles. The third-order valence-corrected chi connectivity index (χ3v) is 4.92. The number of nitrogens with zero attached hydrogens (tertiary/aromatic N) is 3. The van der Waals surface area contributed by atoms with E-state index in [9.17, 15) is 4.79 Å². The topological polar surface area (TPSA) is 63.6 Å². The van der Waals surface area contributed by atoms with Gasteiger partial charge in [0, 0.05) is 13.1 Å². The van der Waals surface area contributed by atoms with E-state index in [4.69, 9.17) is 14.2 Å². The Hall–Kier alpha value is -2.03. The number of benzene rings is 1. The van der Waals surface area contributed by atoms with Crippen molar-refractivity contribution in [2.24, 2.45) is 4.99 Å². The fourth-order valence-corrected chi connectivity index (χ4v) is 3.46. The van der Waals surface area contributed by atoms with E-state index >= 15 is 0 Å². The summed E-state index contributed by atoms with van der Waals surface area (Å²) in [5.74, 6) is 1.34. The molecular weight excluding hydrogens is 342 g/mol. The van der Waals surface area contributed by atoms with E-state index in [1.165, 1.54) is 11.8 Å². The second-order valence-corrected chi connectivity index (χ2v) is 6.62. The Labute approximate surface area is 150 Å². The second-order valence-electron chi connectivity index (χ2n) is 5.85. The fraction of sp³-hybridized carbons (Fsp3) is 0.412. The molecule has 0 N–H and O–H groups in total. The van der Waals surface area contributed by atoms with Gasteiger partial charge in [-0.05, 0) is 30.0 Å². The van der Waals surface area contributed by atoms with E-state index < -0.39 is 0 Å². The first-order valence-corrected chi connectivity index (χ1v) is 9.33. The highest BCUT2D eigenvalue weighted by Gasteiger charge is 2.31. The molecule has 8 heteroatoms. The Morgan fingerprint density at radius 1 is 1.24 bits per heavy atom. The van der Waals surface area contributed by atoms with Crippen LogP contribution in [-0.4, -0.2) is 66.9 Å². The van der Waals surface area contributed by atoms with Crippen LogP contribution in [0.5, 0.6) is 11.5 Å². The Morgan fingerprint density at radius 3 is 2.84 bits per heavy atom. The SMILES string of the molecule is CSC1=N/C(=C/c2ccc3c(c2)OCO3)C(=O)N1CN1CCOCC1. The average molecular weight is 361 g/mol. The third kappa shape index (κ3) is 3.37. The minimum absolute atomic E-state index is 0.0755. The zero-order valence-corrected chi connectivity index (χ0v) is 14.8. The lowest BCUT2D eigenvalue weighted by Crippen LogP contribution is -2.46. The smallest absolute Gasteiger partial charge is 0.279 e. The number of ether oxygens (including phenoxy) is 3. The molecule has 0 aliphatic carbocycles. The Bertz CT molecular complexity index is 743. The number of aliphatic imine (C=N–C) groups is 1. The fourth-order valence-electron chi connectivity index (χ4n) is 2.91. The molecule has 1 aromatic carbocycles. The maximum absolute atomic E-state index is 12.8. The van der Waals surface area contributed by atoms with Crippen LogP contribution < -0.4 is 9.47 Å². The van der Waals surface area contributed by atoms with Crippen molar-refractivity contribution in [1.29, 1.82) is 0 Å². The molecule has 132 valence electrons. The van der Waals surface area contributed by atoms with Gasteiger partial charge in [-0.15, -0.1) is 0 Å². The molecule has 0 radical (unpaired) electrons. The summed E-state index contributed by atoms with van der Waals surface area (Å²) in [6, 6.07) is 5.60. The molecule has 1 amide bonds. The van der Waals surface area contributed by atoms with Crippen LogP contribution >= 0.6 is 11.8 Å². The quantitative estimate of drug-likeness (QED) is 0.762. The van der Waals surface area contributed by atoms with Gasteiger partial charge in [-0.2, -0.15) is 0 Å². The van der Waals surface area contributed by atoms with Crippen LogP contribution in [0.15, 0.2) is 28.9 Å². The van der Waals surface area contributed by atoms with Gasteiger partial charge in [0.15, 0.2) is 16.7 Å². The molecule has 0 unspecified atom stereocenters. The van der Waals surface area contributed by atoms with Gasteiger partial charge in [-0.3, -0.25) is 14.6 Å². The lowest BCUT2D eigenvalue weighted by Gasteiger charge is -2.30. The average Bonchev–Trinajstić information content (AvgIpc) is 3.22. The predicted octanol–water partition coefficient (Wildman–Crippen LogP) is 1.61. The number of thioether (sulfide) groups is 1. The highest BCUT2D eigenvalue weighted by atomic mass is 32.2. The number of hydrogen-bond donors (Lipinski definition) is 0. The van der Waals surface area contributed by atoms with Crippen LogP contribution in [0.4, 0.5) is 0 Å². The van der Waals surface area contributed by atoms with Gasteiger partial charge in [0.1, 0.15) is 5.70 Å². The summed E-state index contributed by atoms with van der Waals surface area (Å²) >= 11 is 1.48. The van der Waals surface area contributed by atoms with Crippen LogP contribution in [0.2, 0.25) is 0 Å². The van der Waals surface area contributed by atoms with Gasteiger partial charge in [-0.1, -0.05) is 17.8 Å². The Kier molecular flexibility index (Phi) is 4.65. The normalized spacial score (nSPS) is 22.0. The molecule has 4 rings (SSSR count). The maximum Gasteiger partial charge on any atom is 0.279 e. The van der Waals surface area contributed by atoms with E-state index in [1.807, 2.05) is 24.5 Å². The van der Waals surface area contributed by atoms with Crippen molar-refractivity contribution in [3.8, 4) is 11.5 Å². The molecule has 7 nitrogen and oxygen atoms in total. The molecule has 1 saturated heterocycles. The first kappa shape index (κ1) is 16.4. The standard InChI is InChI=1S/C17H19N3O4S/c1-25-17-18-13(8-12-2-3-14-15(9-12)24-11-23-14)16(21)20(17)10-19-4-6-22-7-5-19/h2-3,8-9H,4-7,10-11H2,1H3/b13-8+. The molecule has 0 spiro atoms. The summed E-state index contributed by atoms with van der Waals surface area (Å²) in [5.41, 5.74) is 1.31. The van der Waals surface area contributed by atoms with Crippen molar-refractivity contribution < 1.29 is 19.0 Å². The number of carbonyl (C=O) groups is 1. The van der Waals surface area contributed by atoms with E-state index in [-0.39, 0.29) is 12.7 Å². The molecule has 1 fully saturated rings. The molecule has 0 saturated carbocycles. The monoisotopic (exact) mass is 361 g/mol. The molecule has 0 aromatic heterocycles. The first-order valence-electron chi connectivity index (χ1n) is 8.10. The van der Waals surface area contributed by atoms with Gasteiger partial charge in [0.05, 0.1) is 19.9 Å². The summed E-state index contributed by atoms with van der Waals surface area (Å²) < 4.78 is 16.1. The second kappa shape index (κ2) is 7.07. The zero-order chi connectivity index (χ0) is 17.2. The van der Waals surface area contributed by atoms with Crippen molar-refractivity contribution in [2.75, 3.05) is 46.0 Å². The first-order chi connectivity index (χ1) is 12.2. The molecule has 3 aliphatic rings. The van der Waals surface area contributed by atoms with Gasteiger partial charge >= 0.3 is 0 Å². The van der Waals surface area contributed by atoms with Crippen molar-refractivity contribution in [1.82, 2.24) is 9.80 Å². The van der Waals surface area contributed by atoms with Gasteiger partial charge in [-0.25, -0.2) is 4.99 Å². The van der Waals surface area contributed by atoms with Gasteiger partial charge < -0.3 is 14.2 Å². The van der Waals surface area contributed by atoms with Gasteiger partial charge in [0.25, 0.3) is 5.91 Å². The van der Waals surface area contributed by atoms with E-state index in [2.05, 4.69) is 9.89 Å². The lowest BCUT2D eigenvalue weighted by molar-refractivity contribution is -0.124. The Balaban J connectivity index is 1.54. The molecular formula is C17H19N3O4S. The summed E-state index contributed by atoms with van der Waals surface area (Å²) in [4.78, 5) is 21.2. The highest BCUT2D eigenvalue weighted by molar-refractivity contribution is 8.13. The highest BCUT2D eigenvalue weighted by Crippen LogP contribution is 2.33. The number of carbonyl (C=O) groups excluding carboxylic acids is 1. The summed E-state index contributed by atoms with van der Waals surface area (Å²) in [6.07, 6.45) is 3.72. The Morgan fingerprint density at radius 2 is 2.04 bits per heavy atom. The maximum atomic E-state index is 12.8. The molecule has 0 atom stereocenters. The van der Waals surface area contributed by atoms with Crippen molar-refractivity contribution >= 4 is 28.9 Å². The number of morpholine rings is 1. The summed E-state index contributed by atoms with van der Waals surface area (Å²) in [5, 5.41) is 0.725. The van der Waals surface area contributed by atoms with Crippen molar-refractivity contribution in [2.45, 2.75) is 0 Å². The van der Waals surface area contributed by atoms with Gasteiger partial charge in [0.2, 0.25) is 6.79 Å². The van der Waals surface area contributed by atoms with E-state index in [0.717, 1.165) is 29.6 Å². The van der Waals surface area contributed by atoms with Crippen LogP contribution in [-0.2, 0) is 9.53 Å². The third-order valence-electron chi connectivity index (χ3n) is 4.24. The molecule has 25 heavy (non-hydrogen) atoms.